The van der Waals surface area contributed by atoms with Crippen molar-refractivity contribution in [2.24, 2.45) is 0 Å². The lowest BCUT2D eigenvalue weighted by molar-refractivity contribution is 0.0949. The third-order valence-corrected chi connectivity index (χ3v) is 4.20. The van der Waals surface area contributed by atoms with E-state index in [4.69, 9.17) is 17.3 Å². The number of carbonyl (C=O) groups is 1. The fraction of sp³-hybridized carbons (Fsp3) is 0.600. The maximum Gasteiger partial charge on any atom is 0.253 e. The second-order valence-corrected chi connectivity index (χ2v) is 5.97. The molecule has 2 rings (SSSR count). The largest absolute Gasteiger partial charge is 0.397 e. The lowest BCUT2D eigenvalue weighted by Crippen LogP contribution is -2.39. The maximum absolute atomic E-state index is 12.0. The van der Waals surface area contributed by atoms with E-state index in [0.717, 1.165) is 13.0 Å². The third-order valence-electron chi connectivity index (χ3n) is 3.99. The molecular formula is C15H23ClN4O. The first kappa shape index (κ1) is 16.0. The molecule has 2 heterocycles. The number of hydrogen-bond donors (Lipinski definition) is 2. The van der Waals surface area contributed by atoms with Gasteiger partial charge in [-0.25, -0.2) is 4.98 Å². The van der Waals surface area contributed by atoms with Gasteiger partial charge < -0.3 is 16.0 Å². The highest BCUT2D eigenvalue weighted by Gasteiger charge is 2.17. The molecule has 0 aromatic carbocycles. The first-order valence-corrected chi connectivity index (χ1v) is 7.89. The van der Waals surface area contributed by atoms with Gasteiger partial charge in [-0.2, -0.15) is 0 Å². The van der Waals surface area contributed by atoms with Crippen LogP contribution in [0, 0.1) is 0 Å². The molecule has 116 valence electrons. The summed E-state index contributed by atoms with van der Waals surface area (Å²) < 4.78 is 0. The standard InChI is InChI=1S/C15H23ClN4O/c1-11-5-2-3-7-20(11)8-4-6-18-15(21)12-9-14(16)19-10-13(12)17/h9-11H,2-8,17H2,1H3,(H,18,21). The van der Waals surface area contributed by atoms with E-state index in [1.807, 2.05) is 0 Å². The number of amides is 1. The minimum atomic E-state index is -0.191. The van der Waals surface area contributed by atoms with Gasteiger partial charge in [-0.15, -0.1) is 0 Å². The fourth-order valence-electron chi connectivity index (χ4n) is 2.71. The highest BCUT2D eigenvalue weighted by atomic mass is 35.5. The topological polar surface area (TPSA) is 71.2 Å². The van der Waals surface area contributed by atoms with Crippen LogP contribution in [-0.2, 0) is 0 Å². The molecule has 6 heteroatoms. The molecule has 1 aliphatic rings. The quantitative estimate of drug-likeness (QED) is 0.647. The second kappa shape index (κ2) is 7.61. The van der Waals surface area contributed by atoms with E-state index in [-0.39, 0.29) is 11.1 Å². The molecule has 1 saturated heterocycles. The first-order chi connectivity index (χ1) is 10.1. The maximum atomic E-state index is 12.0. The molecule has 1 aromatic rings. The van der Waals surface area contributed by atoms with E-state index in [2.05, 4.69) is 22.1 Å². The number of pyridine rings is 1. The zero-order valence-corrected chi connectivity index (χ0v) is 13.2. The Labute approximate surface area is 130 Å². The number of nitrogen functional groups attached to an aromatic ring is 1. The van der Waals surface area contributed by atoms with Crippen molar-refractivity contribution in [3.63, 3.8) is 0 Å². The molecule has 1 fully saturated rings. The highest BCUT2D eigenvalue weighted by Crippen LogP contribution is 2.16. The smallest absolute Gasteiger partial charge is 0.253 e. The minimum Gasteiger partial charge on any atom is -0.397 e. The zero-order valence-electron chi connectivity index (χ0n) is 12.4. The molecule has 0 bridgehead atoms. The third kappa shape index (κ3) is 4.58. The number of carbonyl (C=O) groups excluding carboxylic acids is 1. The van der Waals surface area contributed by atoms with Crippen LogP contribution in [0.1, 0.15) is 43.0 Å². The van der Waals surface area contributed by atoms with Gasteiger partial charge in [0.25, 0.3) is 5.91 Å². The summed E-state index contributed by atoms with van der Waals surface area (Å²) in [5.41, 5.74) is 6.48. The number of likely N-dealkylation sites (tertiary alicyclic amines) is 1. The molecule has 21 heavy (non-hydrogen) atoms. The molecule has 1 aromatic heterocycles. The van der Waals surface area contributed by atoms with Crippen molar-refractivity contribution in [1.29, 1.82) is 0 Å². The predicted octanol–water partition coefficient (Wildman–Crippen LogP) is 2.31. The second-order valence-electron chi connectivity index (χ2n) is 5.58. The first-order valence-electron chi connectivity index (χ1n) is 7.51. The molecule has 1 aliphatic heterocycles. The van der Waals surface area contributed by atoms with Crippen molar-refractivity contribution >= 4 is 23.2 Å². The Bertz CT molecular complexity index is 495. The minimum absolute atomic E-state index is 0.191. The summed E-state index contributed by atoms with van der Waals surface area (Å²) in [6.45, 7) is 5.11. The Kier molecular flexibility index (Phi) is 5.82. The number of piperidine rings is 1. The Morgan fingerprint density at radius 2 is 2.38 bits per heavy atom. The number of aromatic nitrogens is 1. The number of anilines is 1. The molecule has 0 spiro atoms. The van der Waals surface area contributed by atoms with Crippen LogP contribution in [0.25, 0.3) is 0 Å². The summed E-state index contributed by atoms with van der Waals surface area (Å²) in [6.07, 6.45) is 6.24. The summed E-state index contributed by atoms with van der Waals surface area (Å²) in [7, 11) is 0. The number of hydrogen-bond acceptors (Lipinski definition) is 4. The molecule has 5 nitrogen and oxygen atoms in total. The Hall–Kier alpha value is -1.33. The normalized spacial score (nSPS) is 19.4. The van der Waals surface area contributed by atoms with Crippen LogP contribution in [0.2, 0.25) is 5.15 Å². The number of nitrogens with two attached hydrogens (primary N) is 1. The van der Waals surface area contributed by atoms with Crippen LogP contribution in [0.4, 0.5) is 5.69 Å². The molecule has 1 atom stereocenters. The molecule has 0 radical (unpaired) electrons. The van der Waals surface area contributed by atoms with E-state index in [1.165, 1.54) is 38.1 Å². The van der Waals surface area contributed by atoms with Gasteiger partial charge in [0, 0.05) is 19.1 Å². The molecule has 3 N–H and O–H groups in total. The van der Waals surface area contributed by atoms with Crippen molar-refractivity contribution in [2.75, 3.05) is 25.4 Å². The van der Waals surface area contributed by atoms with Crippen LogP contribution >= 0.6 is 11.6 Å². The van der Waals surface area contributed by atoms with Crippen molar-refractivity contribution in [3.05, 3.63) is 23.0 Å². The average Bonchev–Trinajstić information content (AvgIpc) is 2.47. The Morgan fingerprint density at radius 1 is 1.57 bits per heavy atom. The molecular weight excluding hydrogens is 288 g/mol. The lowest BCUT2D eigenvalue weighted by Gasteiger charge is -2.33. The van der Waals surface area contributed by atoms with Crippen LogP contribution in [-0.4, -0.2) is 41.5 Å². The summed E-state index contributed by atoms with van der Waals surface area (Å²) in [5.74, 6) is -0.191. The summed E-state index contributed by atoms with van der Waals surface area (Å²) in [4.78, 5) is 18.4. The van der Waals surface area contributed by atoms with Gasteiger partial charge in [-0.3, -0.25) is 4.79 Å². The van der Waals surface area contributed by atoms with Gasteiger partial charge in [0.05, 0.1) is 17.4 Å². The summed E-state index contributed by atoms with van der Waals surface area (Å²) >= 11 is 5.79. The Morgan fingerprint density at radius 3 is 3.14 bits per heavy atom. The zero-order chi connectivity index (χ0) is 15.2. The van der Waals surface area contributed by atoms with E-state index in [1.54, 1.807) is 0 Å². The van der Waals surface area contributed by atoms with E-state index < -0.39 is 0 Å². The summed E-state index contributed by atoms with van der Waals surface area (Å²) in [5, 5.41) is 3.16. The number of nitrogens with zero attached hydrogens (tertiary/aromatic N) is 2. The van der Waals surface area contributed by atoms with E-state index in [0.29, 0.717) is 23.8 Å². The summed E-state index contributed by atoms with van der Waals surface area (Å²) in [6, 6.07) is 2.16. The van der Waals surface area contributed by atoms with Crippen LogP contribution < -0.4 is 11.1 Å². The number of nitrogens with one attached hydrogen (secondary N) is 1. The van der Waals surface area contributed by atoms with Crippen molar-refractivity contribution in [2.45, 2.75) is 38.6 Å². The molecule has 0 aliphatic carbocycles. The van der Waals surface area contributed by atoms with Crippen molar-refractivity contribution in [3.8, 4) is 0 Å². The van der Waals surface area contributed by atoms with Gasteiger partial charge in [-0.05, 0) is 38.8 Å². The predicted molar refractivity (Wildman–Crippen MR) is 85.5 cm³/mol. The number of halogens is 1. The van der Waals surface area contributed by atoms with Gasteiger partial charge in [0.15, 0.2) is 0 Å². The Balaban J connectivity index is 1.75. The molecule has 1 amide bonds. The fourth-order valence-corrected chi connectivity index (χ4v) is 2.86. The highest BCUT2D eigenvalue weighted by molar-refractivity contribution is 6.29. The van der Waals surface area contributed by atoms with Crippen molar-refractivity contribution < 1.29 is 4.79 Å². The lowest BCUT2D eigenvalue weighted by atomic mass is 10.0. The molecule has 0 saturated carbocycles. The average molecular weight is 311 g/mol. The van der Waals surface area contributed by atoms with Gasteiger partial charge >= 0.3 is 0 Å². The molecule has 1 unspecified atom stereocenters. The van der Waals surface area contributed by atoms with E-state index in [9.17, 15) is 4.79 Å². The monoisotopic (exact) mass is 310 g/mol. The van der Waals surface area contributed by atoms with Crippen LogP contribution in [0.15, 0.2) is 12.3 Å². The SMILES string of the molecule is CC1CCCCN1CCCNC(=O)c1cc(Cl)ncc1N. The van der Waals surface area contributed by atoms with Gasteiger partial charge in [0.1, 0.15) is 5.15 Å². The number of rotatable bonds is 5. The van der Waals surface area contributed by atoms with E-state index >= 15 is 0 Å². The van der Waals surface area contributed by atoms with Gasteiger partial charge in [-0.1, -0.05) is 18.0 Å². The van der Waals surface area contributed by atoms with Crippen LogP contribution in [0.5, 0.6) is 0 Å². The van der Waals surface area contributed by atoms with Crippen LogP contribution in [0.3, 0.4) is 0 Å². The van der Waals surface area contributed by atoms with Crippen molar-refractivity contribution in [1.82, 2.24) is 15.2 Å². The van der Waals surface area contributed by atoms with Gasteiger partial charge in [0.2, 0.25) is 0 Å².